The first kappa shape index (κ1) is 12.4. The summed E-state index contributed by atoms with van der Waals surface area (Å²) in [7, 11) is 0. The van der Waals surface area contributed by atoms with E-state index in [2.05, 4.69) is 20.9 Å². The molecule has 0 aliphatic carbocycles. The van der Waals surface area contributed by atoms with Gasteiger partial charge in [-0.1, -0.05) is 12.7 Å². The van der Waals surface area contributed by atoms with Crippen molar-refractivity contribution in [2.45, 2.75) is 0 Å². The van der Waals surface area contributed by atoms with Gasteiger partial charge in [0.2, 0.25) is 11.8 Å². The van der Waals surface area contributed by atoms with Gasteiger partial charge < -0.3 is 19.7 Å². The predicted octanol–water partition coefficient (Wildman–Crippen LogP) is 0.787. The van der Waals surface area contributed by atoms with Crippen LogP contribution in [0, 0.1) is 0 Å². The number of hydrogen-bond acceptors (Lipinski definition) is 7. The van der Waals surface area contributed by atoms with Gasteiger partial charge in [-0.3, -0.25) is 4.84 Å². The zero-order valence-electron chi connectivity index (χ0n) is 8.53. The van der Waals surface area contributed by atoms with Crippen molar-refractivity contribution in [2.24, 2.45) is 0 Å². The molecule has 1 heterocycles. The Labute approximate surface area is 95.2 Å². The van der Waals surface area contributed by atoms with Crippen molar-refractivity contribution in [2.75, 3.05) is 6.61 Å². The molecular formula is C9H9NO7. The molecule has 0 spiro atoms. The van der Waals surface area contributed by atoms with E-state index in [0.29, 0.717) is 4.73 Å². The second kappa shape index (κ2) is 5.45. The second-order valence-electron chi connectivity index (χ2n) is 2.64. The minimum atomic E-state index is -1.47. The van der Waals surface area contributed by atoms with Crippen LogP contribution in [0.2, 0.25) is 0 Å². The lowest BCUT2D eigenvalue weighted by atomic mass is 10.6. The van der Waals surface area contributed by atoms with Crippen molar-refractivity contribution < 1.29 is 34.1 Å². The topological polar surface area (TPSA) is 107 Å². The number of carbonyl (C=O) groups is 2. The Kier molecular flexibility index (Phi) is 3.98. The molecule has 1 aromatic heterocycles. The summed E-state index contributed by atoms with van der Waals surface area (Å²) in [5.41, 5.74) is 0. The first-order chi connectivity index (χ1) is 8.04. The van der Waals surface area contributed by atoms with E-state index in [-0.39, 0.29) is 6.61 Å². The van der Waals surface area contributed by atoms with E-state index in [1.165, 1.54) is 6.08 Å². The molecule has 0 atom stereocenters. The van der Waals surface area contributed by atoms with Gasteiger partial charge in [-0.25, -0.2) is 9.59 Å². The van der Waals surface area contributed by atoms with E-state index in [4.69, 9.17) is 10.2 Å². The first-order valence-electron chi connectivity index (χ1n) is 4.32. The molecule has 8 nitrogen and oxygen atoms in total. The molecule has 0 aromatic carbocycles. The number of ether oxygens (including phenoxy) is 2. The number of rotatable bonds is 3. The van der Waals surface area contributed by atoms with Crippen LogP contribution in [0.25, 0.3) is 0 Å². The third-order valence-electron chi connectivity index (χ3n) is 1.45. The fourth-order valence-corrected chi connectivity index (χ4v) is 0.813. The summed E-state index contributed by atoms with van der Waals surface area (Å²) in [6, 6.07) is 2.14. The zero-order chi connectivity index (χ0) is 12.8. The van der Waals surface area contributed by atoms with Crippen LogP contribution < -0.4 is 4.84 Å². The van der Waals surface area contributed by atoms with E-state index in [1.54, 1.807) is 0 Å². The SMILES string of the molecule is C=CCOC(=O)OC(=O)On1c(O)ccc1O. The molecule has 0 radical (unpaired) electrons. The summed E-state index contributed by atoms with van der Waals surface area (Å²) in [5, 5.41) is 18.2. The van der Waals surface area contributed by atoms with E-state index < -0.39 is 24.1 Å². The molecule has 1 rings (SSSR count). The van der Waals surface area contributed by atoms with Gasteiger partial charge in [-0.15, -0.1) is 4.73 Å². The van der Waals surface area contributed by atoms with Crippen molar-refractivity contribution in [3.63, 3.8) is 0 Å². The van der Waals surface area contributed by atoms with Gasteiger partial charge in [0.25, 0.3) is 0 Å². The summed E-state index contributed by atoms with van der Waals surface area (Å²) in [4.78, 5) is 26.1. The van der Waals surface area contributed by atoms with Crippen LogP contribution in [-0.4, -0.2) is 33.9 Å². The number of aromatic nitrogens is 1. The Morgan fingerprint density at radius 1 is 1.29 bits per heavy atom. The molecule has 1 aromatic rings. The Morgan fingerprint density at radius 2 is 1.88 bits per heavy atom. The van der Waals surface area contributed by atoms with Gasteiger partial charge in [-0.05, 0) is 0 Å². The summed E-state index contributed by atoms with van der Waals surface area (Å²) < 4.78 is 8.71. The van der Waals surface area contributed by atoms with Crippen molar-refractivity contribution in [1.29, 1.82) is 0 Å². The molecule has 0 amide bonds. The minimum Gasteiger partial charge on any atom is -0.492 e. The Hall–Kier alpha value is -2.64. The lowest BCUT2D eigenvalue weighted by molar-refractivity contribution is 0.0280. The van der Waals surface area contributed by atoms with Gasteiger partial charge in [0.05, 0.1) is 0 Å². The Bertz CT molecular complexity index is 417. The van der Waals surface area contributed by atoms with Crippen LogP contribution in [0.3, 0.4) is 0 Å². The summed E-state index contributed by atoms with van der Waals surface area (Å²) >= 11 is 0. The number of nitrogens with zero attached hydrogens (tertiary/aromatic N) is 1. The highest BCUT2D eigenvalue weighted by Crippen LogP contribution is 2.18. The summed E-state index contributed by atoms with van der Waals surface area (Å²) in [6.45, 7) is 3.14. The van der Waals surface area contributed by atoms with Crippen LogP contribution in [0.5, 0.6) is 11.8 Å². The van der Waals surface area contributed by atoms with Crippen molar-refractivity contribution in [3.05, 3.63) is 24.8 Å². The average molecular weight is 243 g/mol. The van der Waals surface area contributed by atoms with Gasteiger partial charge in [0.15, 0.2) is 0 Å². The number of hydrogen-bond donors (Lipinski definition) is 2. The van der Waals surface area contributed by atoms with E-state index in [1.807, 2.05) is 0 Å². The molecule has 0 saturated heterocycles. The van der Waals surface area contributed by atoms with Gasteiger partial charge in [-0.2, -0.15) is 0 Å². The molecule has 0 saturated carbocycles. The molecular weight excluding hydrogens is 234 g/mol. The Balaban J connectivity index is 2.50. The second-order valence-corrected chi connectivity index (χ2v) is 2.64. The minimum absolute atomic E-state index is 0.133. The summed E-state index contributed by atoms with van der Waals surface area (Å²) in [5.74, 6) is -1.09. The van der Waals surface area contributed by atoms with Gasteiger partial charge in [0.1, 0.15) is 6.61 Å². The maximum atomic E-state index is 11.0. The predicted molar refractivity (Wildman–Crippen MR) is 52.4 cm³/mol. The fraction of sp³-hybridized carbons (Fsp3) is 0.111. The molecule has 0 fully saturated rings. The van der Waals surface area contributed by atoms with Gasteiger partial charge >= 0.3 is 12.3 Å². The largest absolute Gasteiger partial charge is 0.544 e. The lowest BCUT2D eigenvalue weighted by Gasteiger charge is -2.05. The van der Waals surface area contributed by atoms with Crippen LogP contribution in [0.4, 0.5) is 9.59 Å². The van der Waals surface area contributed by atoms with Crippen LogP contribution in [0.15, 0.2) is 24.8 Å². The Morgan fingerprint density at radius 3 is 2.41 bits per heavy atom. The third kappa shape index (κ3) is 3.45. The maximum Gasteiger partial charge on any atom is 0.544 e. The molecule has 2 N–H and O–H groups in total. The van der Waals surface area contributed by atoms with E-state index in [9.17, 15) is 9.59 Å². The zero-order valence-corrected chi connectivity index (χ0v) is 8.53. The van der Waals surface area contributed by atoms with E-state index >= 15 is 0 Å². The molecule has 0 aliphatic heterocycles. The highest BCUT2D eigenvalue weighted by Gasteiger charge is 2.17. The van der Waals surface area contributed by atoms with Crippen molar-refractivity contribution in [3.8, 4) is 11.8 Å². The first-order valence-corrected chi connectivity index (χ1v) is 4.32. The van der Waals surface area contributed by atoms with Crippen molar-refractivity contribution in [1.82, 2.24) is 4.73 Å². The molecule has 0 aliphatic rings. The quantitative estimate of drug-likeness (QED) is 0.459. The standard InChI is InChI=1S/C9H9NO7/c1-2-5-15-8(13)16-9(14)17-10-6(11)3-4-7(10)12/h2-4,11-12H,1,5H2. The molecule has 8 heteroatoms. The normalized spacial score (nSPS) is 9.41. The van der Waals surface area contributed by atoms with Crippen LogP contribution >= 0.6 is 0 Å². The van der Waals surface area contributed by atoms with Crippen LogP contribution in [0.1, 0.15) is 0 Å². The fourth-order valence-electron chi connectivity index (χ4n) is 0.813. The number of carbonyl (C=O) groups excluding carboxylic acids is 2. The maximum absolute atomic E-state index is 11.0. The molecule has 0 bridgehead atoms. The lowest BCUT2D eigenvalue weighted by Crippen LogP contribution is -2.23. The summed E-state index contributed by atoms with van der Waals surface area (Å²) in [6.07, 6.45) is -1.49. The van der Waals surface area contributed by atoms with Gasteiger partial charge in [0, 0.05) is 12.1 Å². The van der Waals surface area contributed by atoms with Crippen LogP contribution in [-0.2, 0) is 9.47 Å². The average Bonchev–Trinajstić information content (AvgIpc) is 2.58. The molecule has 0 unspecified atom stereocenters. The number of aromatic hydroxyl groups is 2. The van der Waals surface area contributed by atoms with Crippen molar-refractivity contribution >= 4 is 12.3 Å². The molecule has 92 valence electrons. The molecule has 17 heavy (non-hydrogen) atoms. The smallest absolute Gasteiger partial charge is 0.492 e. The highest BCUT2D eigenvalue weighted by atomic mass is 16.9. The van der Waals surface area contributed by atoms with E-state index in [0.717, 1.165) is 12.1 Å². The monoisotopic (exact) mass is 243 g/mol. The third-order valence-corrected chi connectivity index (χ3v) is 1.45. The highest BCUT2D eigenvalue weighted by molar-refractivity contribution is 5.77.